The molecule has 1 aromatic heterocycles. The van der Waals surface area contributed by atoms with Crippen molar-refractivity contribution in [1.82, 2.24) is 4.98 Å². The molecule has 0 fully saturated rings. The Labute approximate surface area is 171 Å². The number of halogens is 1. The predicted octanol–water partition coefficient (Wildman–Crippen LogP) is 6.28. The van der Waals surface area contributed by atoms with Crippen molar-refractivity contribution < 1.29 is 9.53 Å². The highest BCUT2D eigenvalue weighted by molar-refractivity contribution is 6.30. The van der Waals surface area contributed by atoms with E-state index in [0.29, 0.717) is 5.02 Å². The van der Waals surface area contributed by atoms with E-state index in [0.717, 1.165) is 41.3 Å². The molecule has 0 saturated carbocycles. The minimum absolute atomic E-state index is 0.0671. The van der Waals surface area contributed by atoms with Gasteiger partial charge in [-0.1, -0.05) is 50.6 Å². The van der Waals surface area contributed by atoms with Crippen molar-refractivity contribution in [1.29, 1.82) is 0 Å². The molecule has 28 heavy (non-hydrogen) atoms. The van der Waals surface area contributed by atoms with E-state index in [1.165, 1.54) is 11.3 Å². The summed E-state index contributed by atoms with van der Waals surface area (Å²) in [6, 6.07) is 14.0. The molecular weight excluding hydrogens is 370 g/mol. The lowest BCUT2D eigenvalue weighted by Gasteiger charge is -2.23. The SMILES string of the molecule is CC(C)(C)c1ccc2[nH]c3c(c2c1)C(C(=O)OCc1ccc(Cl)cc1)CCC3. The minimum atomic E-state index is -0.208. The van der Waals surface area contributed by atoms with Gasteiger partial charge in [-0.15, -0.1) is 0 Å². The van der Waals surface area contributed by atoms with Crippen LogP contribution in [0.2, 0.25) is 5.02 Å². The molecule has 1 aliphatic carbocycles. The van der Waals surface area contributed by atoms with Crippen LogP contribution in [0.15, 0.2) is 42.5 Å². The third kappa shape index (κ3) is 3.68. The molecule has 146 valence electrons. The molecule has 0 aliphatic heterocycles. The van der Waals surface area contributed by atoms with E-state index in [9.17, 15) is 4.79 Å². The Hall–Kier alpha value is -2.26. The topological polar surface area (TPSA) is 42.1 Å². The first kappa shape index (κ1) is 19.1. The van der Waals surface area contributed by atoms with Gasteiger partial charge in [-0.2, -0.15) is 0 Å². The second-order valence-electron chi connectivity index (χ2n) is 8.71. The number of benzene rings is 2. The number of ether oxygens (including phenoxy) is 1. The summed E-state index contributed by atoms with van der Waals surface area (Å²) < 4.78 is 5.68. The van der Waals surface area contributed by atoms with Gasteiger partial charge in [0.15, 0.2) is 0 Å². The van der Waals surface area contributed by atoms with E-state index in [1.807, 2.05) is 24.3 Å². The Morgan fingerprint density at radius 1 is 1.18 bits per heavy atom. The number of nitrogens with one attached hydrogen (secondary N) is 1. The fourth-order valence-corrected chi connectivity index (χ4v) is 4.15. The van der Waals surface area contributed by atoms with Crippen molar-refractivity contribution in [3.8, 4) is 0 Å². The van der Waals surface area contributed by atoms with E-state index in [1.54, 1.807) is 0 Å². The third-order valence-electron chi connectivity index (χ3n) is 5.63. The van der Waals surface area contributed by atoms with Gasteiger partial charge in [0.25, 0.3) is 0 Å². The zero-order valence-corrected chi connectivity index (χ0v) is 17.4. The van der Waals surface area contributed by atoms with Gasteiger partial charge < -0.3 is 9.72 Å². The van der Waals surface area contributed by atoms with Crippen LogP contribution in [0.1, 0.15) is 61.9 Å². The first-order valence-corrected chi connectivity index (χ1v) is 10.3. The van der Waals surface area contributed by atoms with Gasteiger partial charge in [-0.25, -0.2) is 0 Å². The van der Waals surface area contributed by atoms with Gasteiger partial charge >= 0.3 is 5.97 Å². The Kier molecular flexibility index (Phi) is 4.96. The predicted molar refractivity (Wildman–Crippen MR) is 114 cm³/mol. The van der Waals surface area contributed by atoms with E-state index in [2.05, 4.69) is 44.0 Å². The summed E-state index contributed by atoms with van der Waals surface area (Å²) in [5.74, 6) is -0.349. The first-order valence-electron chi connectivity index (χ1n) is 9.89. The smallest absolute Gasteiger partial charge is 0.313 e. The summed E-state index contributed by atoms with van der Waals surface area (Å²) >= 11 is 5.93. The van der Waals surface area contributed by atoms with Crippen LogP contribution in [0.4, 0.5) is 0 Å². The van der Waals surface area contributed by atoms with Crippen LogP contribution in [0, 0.1) is 0 Å². The van der Waals surface area contributed by atoms with Crippen molar-refractivity contribution in [2.75, 3.05) is 0 Å². The maximum atomic E-state index is 13.0. The molecule has 1 unspecified atom stereocenters. The van der Waals surface area contributed by atoms with Gasteiger partial charge in [0.05, 0.1) is 5.92 Å². The number of carbonyl (C=O) groups is 1. The molecule has 0 radical (unpaired) electrons. The number of esters is 1. The second kappa shape index (κ2) is 7.29. The molecule has 4 heteroatoms. The lowest BCUT2D eigenvalue weighted by molar-refractivity contribution is -0.147. The van der Waals surface area contributed by atoms with Crippen LogP contribution in [-0.2, 0) is 28.0 Å². The van der Waals surface area contributed by atoms with Crippen LogP contribution in [0.5, 0.6) is 0 Å². The van der Waals surface area contributed by atoms with Crippen molar-refractivity contribution >= 4 is 28.5 Å². The number of rotatable bonds is 3. The van der Waals surface area contributed by atoms with Crippen molar-refractivity contribution in [3.63, 3.8) is 0 Å². The Morgan fingerprint density at radius 2 is 1.93 bits per heavy atom. The number of aryl methyl sites for hydroxylation is 1. The summed E-state index contributed by atoms with van der Waals surface area (Å²) in [6.45, 7) is 6.92. The summed E-state index contributed by atoms with van der Waals surface area (Å²) in [5, 5.41) is 1.84. The molecular formula is C24H26ClNO2. The van der Waals surface area contributed by atoms with Gasteiger partial charge in [-0.05, 0) is 65.6 Å². The third-order valence-corrected chi connectivity index (χ3v) is 5.89. The highest BCUT2D eigenvalue weighted by Crippen LogP contribution is 2.39. The Balaban J connectivity index is 1.63. The van der Waals surface area contributed by atoms with Crippen LogP contribution >= 0.6 is 11.6 Å². The molecule has 3 nitrogen and oxygen atoms in total. The summed E-state index contributed by atoms with van der Waals surface area (Å²) in [4.78, 5) is 16.5. The number of aromatic nitrogens is 1. The molecule has 3 aromatic rings. The highest BCUT2D eigenvalue weighted by atomic mass is 35.5. The molecule has 1 N–H and O–H groups in total. The molecule has 0 spiro atoms. The standard InChI is InChI=1S/C24H26ClNO2/c1-24(2,3)16-9-12-20-19(13-16)22-18(5-4-6-21(22)26-20)23(27)28-14-15-7-10-17(25)11-8-15/h7-13,18,26H,4-6,14H2,1-3H3. The highest BCUT2D eigenvalue weighted by Gasteiger charge is 2.31. The zero-order valence-electron chi connectivity index (χ0n) is 16.6. The molecule has 1 atom stereocenters. The van der Waals surface area contributed by atoms with E-state index >= 15 is 0 Å². The average molecular weight is 396 g/mol. The van der Waals surface area contributed by atoms with E-state index in [4.69, 9.17) is 16.3 Å². The van der Waals surface area contributed by atoms with Gasteiger partial charge in [0.2, 0.25) is 0 Å². The van der Waals surface area contributed by atoms with E-state index in [-0.39, 0.29) is 23.9 Å². The Morgan fingerprint density at radius 3 is 2.64 bits per heavy atom. The molecule has 2 aromatic carbocycles. The van der Waals surface area contributed by atoms with Crippen LogP contribution < -0.4 is 0 Å². The number of carbonyl (C=O) groups excluding carboxylic acids is 1. The maximum absolute atomic E-state index is 13.0. The van der Waals surface area contributed by atoms with Crippen molar-refractivity contribution in [2.45, 2.75) is 58.0 Å². The van der Waals surface area contributed by atoms with Crippen molar-refractivity contribution in [3.05, 3.63) is 69.9 Å². The second-order valence-corrected chi connectivity index (χ2v) is 9.14. The van der Waals surface area contributed by atoms with Gasteiger partial charge in [0, 0.05) is 21.6 Å². The fourth-order valence-electron chi connectivity index (χ4n) is 4.03. The normalized spacial score (nSPS) is 16.8. The van der Waals surface area contributed by atoms with Gasteiger partial charge in [-0.3, -0.25) is 4.79 Å². The summed E-state index contributed by atoms with van der Waals surface area (Å²) in [5.41, 5.74) is 5.71. The van der Waals surface area contributed by atoms with Gasteiger partial charge in [0.1, 0.15) is 6.61 Å². The number of hydrogen-bond donors (Lipinski definition) is 1. The largest absolute Gasteiger partial charge is 0.460 e. The zero-order chi connectivity index (χ0) is 19.9. The monoisotopic (exact) mass is 395 g/mol. The number of fused-ring (bicyclic) bond motifs is 3. The van der Waals surface area contributed by atoms with Crippen LogP contribution in [0.25, 0.3) is 10.9 Å². The Bertz CT molecular complexity index is 1010. The molecule has 0 amide bonds. The maximum Gasteiger partial charge on any atom is 0.313 e. The molecule has 1 aliphatic rings. The van der Waals surface area contributed by atoms with Crippen LogP contribution in [0.3, 0.4) is 0 Å². The van der Waals surface area contributed by atoms with Crippen molar-refractivity contribution in [2.24, 2.45) is 0 Å². The minimum Gasteiger partial charge on any atom is -0.460 e. The molecule has 0 saturated heterocycles. The lowest BCUT2D eigenvalue weighted by Crippen LogP contribution is -2.20. The summed E-state index contributed by atoms with van der Waals surface area (Å²) in [6.07, 6.45) is 2.81. The number of H-pyrrole nitrogens is 1. The van der Waals surface area contributed by atoms with Crippen LogP contribution in [-0.4, -0.2) is 11.0 Å². The molecule has 4 rings (SSSR count). The lowest BCUT2D eigenvalue weighted by atomic mass is 9.82. The molecule has 0 bridgehead atoms. The summed E-state index contributed by atoms with van der Waals surface area (Å²) in [7, 11) is 0. The average Bonchev–Trinajstić information content (AvgIpc) is 3.04. The first-order chi connectivity index (χ1) is 13.3. The molecule has 1 heterocycles. The quantitative estimate of drug-likeness (QED) is 0.530. The van der Waals surface area contributed by atoms with E-state index < -0.39 is 0 Å². The number of aromatic amines is 1. The number of hydrogen-bond acceptors (Lipinski definition) is 2. The fraction of sp³-hybridized carbons (Fsp3) is 0.375.